The highest BCUT2D eigenvalue weighted by molar-refractivity contribution is 7.15. The van der Waals surface area contributed by atoms with E-state index in [9.17, 15) is 14.0 Å². The summed E-state index contributed by atoms with van der Waals surface area (Å²) in [7, 11) is 3.10. The number of aromatic nitrogens is 2. The summed E-state index contributed by atoms with van der Waals surface area (Å²) >= 11 is 1.04. The van der Waals surface area contributed by atoms with Gasteiger partial charge in [0.05, 0.1) is 12.0 Å². The normalized spacial score (nSPS) is 11.8. The number of rotatable bonds is 5. The maximum absolute atomic E-state index is 13.3. The second kappa shape index (κ2) is 7.49. The quantitative estimate of drug-likeness (QED) is 0.698. The minimum atomic E-state index is -0.563. The molecule has 0 aliphatic heterocycles. The van der Waals surface area contributed by atoms with Crippen molar-refractivity contribution >= 4 is 23.2 Å². The molecule has 1 aromatic carbocycles. The number of hydrogen-bond donors (Lipinski definition) is 1. The van der Waals surface area contributed by atoms with Crippen molar-refractivity contribution in [1.29, 1.82) is 0 Å². The summed E-state index contributed by atoms with van der Waals surface area (Å²) in [5.41, 5.74) is 0.693. The predicted octanol–water partition coefficient (Wildman–Crippen LogP) is 2.93. The Morgan fingerprint density at radius 1 is 1.19 bits per heavy atom. The Balaban J connectivity index is 1.89. The van der Waals surface area contributed by atoms with Crippen LogP contribution in [-0.2, 0) is 11.8 Å². The van der Waals surface area contributed by atoms with Crippen molar-refractivity contribution < 1.29 is 18.7 Å². The van der Waals surface area contributed by atoms with Crippen LogP contribution >= 0.6 is 11.3 Å². The lowest BCUT2D eigenvalue weighted by molar-refractivity contribution is 0.0606. The van der Waals surface area contributed by atoms with Crippen molar-refractivity contribution in [3.63, 3.8) is 0 Å². The first-order valence-electron chi connectivity index (χ1n) is 7.71. The van der Waals surface area contributed by atoms with E-state index in [1.54, 1.807) is 41.2 Å². The van der Waals surface area contributed by atoms with E-state index in [1.165, 1.54) is 19.2 Å². The summed E-state index contributed by atoms with van der Waals surface area (Å²) in [6, 6.07) is 8.40. The minimum Gasteiger partial charge on any atom is -0.465 e. The predicted molar refractivity (Wildman–Crippen MR) is 94.6 cm³/mol. The van der Waals surface area contributed by atoms with Crippen LogP contribution in [0.3, 0.4) is 0 Å². The molecule has 8 heteroatoms. The average molecular weight is 373 g/mol. The molecule has 0 saturated heterocycles. The maximum Gasteiger partial charge on any atom is 0.348 e. The van der Waals surface area contributed by atoms with Crippen LogP contribution in [-0.4, -0.2) is 28.5 Å². The lowest BCUT2D eigenvalue weighted by Gasteiger charge is -2.18. The third-order valence-electron chi connectivity index (χ3n) is 3.81. The number of amides is 1. The summed E-state index contributed by atoms with van der Waals surface area (Å²) in [4.78, 5) is 29.2. The number of carbonyl (C=O) groups excluding carboxylic acids is 2. The van der Waals surface area contributed by atoms with Gasteiger partial charge in [-0.3, -0.25) is 4.79 Å². The van der Waals surface area contributed by atoms with Crippen LogP contribution in [0.4, 0.5) is 4.39 Å². The van der Waals surface area contributed by atoms with Crippen molar-refractivity contribution in [2.75, 3.05) is 7.11 Å². The van der Waals surface area contributed by atoms with Crippen molar-refractivity contribution in [1.82, 2.24) is 14.9 Å². The topological polar surface area (TPSA) is 73.2 Å². The Kier molecular flexibility index (Phi) is 5.13. The molecule has 1 atom stereocenters. The smallest absolute Gasteiger partial charge is 0.348 e. The van der Waals surface area contributed by atoms with Crippen molar-refractivity contribution in [3.8, 4) is 0 Å². The van der Waals surface area contributed by atoms with Gasteiger partial charge in [0.25, 0.3) is 5.91 Å². The van der Waals surface area contributed by atoms with Gasteiger partial charge in [-0.1, -0.05) is 12.1 Å². The van der Waals surface area contributed by atoms with E-state index in [4.69, 9.17) is 0 Å². The third-order valence-corrected chi connectivity index (χ3v) is 4.88. The number of thiophene rings is 1. The van der Waals surface area contributed by atoms with Crippen LogP contribution < -0.4 is 5.32 Å². The highest BCUT2D eigenvalue weighted by atomic mass is 32.1. The van der Waals surface area contributed by atoms with Gasteiger partial charge in [-0.2, -0.15) is 0 Å². The number of ether oxygens (including phenoxy) is 1. The standard InChI is InChI=1S/C18H16FN3O3S/c1-22-10-9-20-16(22)15(11-3-5-12(19)6-4-11)21-17(23)13-7-8-14(26-13)18(24)25-2/h3-10,15H,1-2H3,(H,21,23). The van der Waals surface area contributed by atoms with E-state index >= 15 is 0 Å². The molecule has 0 aliphatic carbocycles. The van der Waals surface area contributed by atoms with Gasteiger partial charge in [0, 0.05) is 19.4 Å². The molecule has 0 aliphatic rings. The van der Waals surface area contributed by atoms with Gasteiger partial charge in [0.15, 0.2) is 0 Å². The molecule has 0 spiro atoms. The molecule has 2 heterocycles. The molecule has 1 N–H and O–H groups in total. The Labute approximate surface area is 153 Å². The van der Waals surface area contributed by atoms with E-state index in [0.29, 0.717) is 21.1 Å². The summed E-state index contributed by atoms with van der Waals surface area (Å²) < 4.78 is 19.7. The molecule has 2 aromatic heterocycles. The monoisotopic (exact) mass is 373 g/mol. The van der Waals surface area contributed by atoms with Gasteiger partial charge in [-0.25, -0.2) is 14.2 Å². The molecule has 6 nitrogen and oxygen atoms in total. The summed E-state index contributed by atoms with van der Waals surface area (Å²) in [5.74, 6) is -0.606. The number of nitrogens with zero attached hydrogens (tertiary/aromatic N) is 2. The molecular formula is C18H16FN3O3S. The Bertz CT molecular complexity index is 933. The highest BCUT2D eigenvalue weighted by Crippen LogP contribution is 2.23. The largest absolute Gasteiger partial charge is 0.465 e. The van der Waals surface area contributed by atoms with Crippen LogP contribution in [0.15, 0.2) is 48.8 Å². The van der Waals surface area contributed by atoms with Gasteiger partial charge < -0.3 is 14.6 Å². The third kappa shape index (κ3) is 3.65. The van der Waals surface area contributed by atoms with E-state index in [0.717, 1.165) is 11.3 Å². The number of nitrogens with one attached hydrogen (secondary N) is 1. The zero-order valence-electron chi connectivity index (χ0n) is 14.1. The fourth-order valence-electron chi connectivity index (χ4n) is 2.48. The number of benzene rings is 1. The number of aryl methyl sites for hydroxylation is 1. The second-order valence-electron chi connectivity index (χ2n) is 5.51. The minimum absolute atomic E-state index is 0.341. The molecule has 0 fully saturated rings. The molecule has 1 unspecified atom stereocenters. The Morgan fingerprint density at radius 2 is 1.88 bits per heavy atom. The molecule has 26 heavy (non-hydrogen) atoms. The first kappa shape index (κ1) is 17.8. The Morgan fingerprint density at radius 3 is 2.50 bits per heavy atom. The zero-order chi connectivity index (χ0) is 18.7. The van der Waals surface area contributed by atoms with Crippen molar-refractivity contribution in [2.45, 2.75) is 6.04 Å². The highest BCUT2D eigenvalue weighted by Gasteiger charge is 2.23. The number of methoxy groups -OCH3 is 1. The van der Waals surface area contributed by atoms with Crippen molar-refractivity contribution in [3.05, 3.63) is 75.8 Å². The lowest BCUT2D eigenvalue weighted by atomic mass is 10.1. The van der Waals surface area contributed by atoms with Crippen LogP contribution in [0, 0.1) is 5.82 Å². The number of esters is 1. The number of halogens is 1. The first-order chi connectivity index (χ1) is 12.5. The molecule has 0 radical (unpaired) electrons. The molecule has 3 aromatic rings. The Hall–Kier alpha value is -3.00. The van der Waals surface area contributed by atoms with Gasteiger partial charge in [-0.15, -0.1) is 11.3 Å². The van der Waals surface area contributed by atoms with Gasteiger partial charge >= 0.3 is 5.97 Å². The molecule has 0 saturated carbocycles. The van der Waals surface area contributed by atoms with Gasteiger partial charge in [-0.05, 0) is 29.8 Å². The fourth-order valence-corrected chi connectivity index (χ4v) is 3.31. The SMILES string of the molecule is COC(=O)c1ccc(C(=O)NC(c2ccc(F)cc2)c2nccn2C)s1. The summed E-state index contributed by atoms with van der Waals surface area (Å²) in [5, 5.41) is 2.90. The molecule has 3 rings (SSSR count). The van der Waals surface area contributed by atoms with Crippen LogP contribution in [0.1, 0.15) is 36.8 Å². The summed E-state index contributed by atoms with van der Waals surface area (Å²) in [6.45, 7) is 0. The lowest BCUT2D eigenvalue weighted by Crippen LogP contribution is -2.30. The van der Waals surface area contributed by atoms with Crippen LogP contribution in [0.5, 0.6) is 0 Å². The fraction of sp³-hybridized carbons (Fsp3) is 0.167. The zero-order valence-corrected chi connectivity index (χ0v) is 14.9. The van der Waals surface area contributed by atoms with E-state index in [-0.39, 0.29) is 11.7 Å². The van der Waals surface area contributed by atoms with Crippen LogP contribution in [0.2, 0.25) is 0 Å². The number of carbonyl (C=O) groups is 2. The van der Waals surface area contributed by atoms with Crippen LogP contribution in [0.25, 0.3) is 0 Å². The first-order valence-corrected chi connectivity index (χ1v) is 8.53. The molecule has 134 valence electrons. The van der Waals surface area contributed by atoms with Gasteiger partial charge in [0.2, 0.25) is 0 Å². The molecular weight excluding hydrogens is 357 g/mol. The van der Waals surface area contributed by atoms with Gasteiger partial charge in [0.1, 0.15) is 22.6 Å². The maximum atomic E-state index is 13.3. The molecule has 0 bridgehead atoms. The summed E-state index contributed by atoms with van der Waals surface area (Å²) in [6.07, 6.45) is 3.39. The van der Waals surface area contributed by atoms with E-state index in [1.807, 2.05) is 7.05 Å². The van der Waals surface area contributed by atoms with E-state index in [2.05, 4.69) is 15.0 Å². The second-order valence-corrected chi connectivity index (χ2v) is 6.59. The van der Waals surface area contributed by atoms with E-state index < -0.39 is 12.0 Å². The number of hydrogen-bond acceptors (Lipinski definition) is 5. The average Bonchev–Trinajstić information content (AvgIpc) is 3.29. The molecule has 1 amide bonds. The number of imidazole rings is 1. The van der Waals surface area contributed by atoms with Crippen molar-refractivity contribution in [2.24, 2.45) is 7.05 Å².